The van der Waals surface area contributed by atoms with Gasteiger partial charge >= 0.3 is 0 Å². The molecule has 1 aromatic heterocycles. The van der Waals surface area contributed by atoms with Crippen molar-refractivity contribution in [3.05, 3.63) is 34.6 Å². The van der Waals surface area contributed by atoms with E-state index >= 15 is 0 Å². The second-order valence-electron chi connectivity index (χ2n) is 8.48. The van der Waals surface area contributed by atoms with Crippen LogP contribution in [0.2, 0.25) is 0 Å². The van der Waals surface area contributed by atoms with Crippen molar-refractivity contribution in [1.29, 1.82) is 0 Å². The van der Waals surface area contributed by atoms with E-state index in [1.807, 2.05) is 28.8 Å². The second kappa shape index (κ2) is 9.79. The van der Waals surface area contributed by atoms with Crippen molar-refractivity contribution < 1.29 is 4.79 Å². The van der Waals surface area contributed by atoms with E-state index in [2.05, 4.69) is 5.32 Å². The minimum atomic E-state index is 0.0348. The lowest BCUT2D eigenvalue weighted by molar-refractivity contribution is -0.118. The van der Waals surface area contributed by atoms with E-state index < -0.39 is 0 Å². The van der Waals surface area contributed by atoms with Crippen molar-refractivity contribution in [2.45, 2.75) is 75.4 Å². The molecule has 29 heavy (non-hydrogen) atoms. The molecule has 1 amide bonds. The van der Waals surface area contributed by atoms with Gasteiger partial charge in [0.1, 0.15) is 0 Å². The fourth-order valence-corrected chi connectivity index (χ4v) is 5.62. The Hall–Kier alpha value is -1.82. The molecule has 5 nitrogen and oxygen atoms in total. The van der Waals surface area contributed by atoms with Crippen molar-refractivity contribution in [2.75, 3.05) is 12.3 Å². The molecular weight excluding hydrogens is 382 g/mol. The topological polar surface area (TPSA) is 64.0 Å². The fraction of sp³-hybridized carbons (Fsp3) is 0.609. The van der Waals surface area contributed by atoms with Crippen LogP contribution in [0.1, 0.15) is 70.3 Å². The lowest BCUT2D eigenvalue weighted by atomic mass is 9.89. The van der Waals surface area contributed by atoms with Gasteiger partial charge in [-0.1, -0.05) is 62.4 Å². The molecule has 2 fully saturated rings. The van der Waals surface area contributed by atoms with Gasteiger partial charge in [-0.2, -0.15) is 0 Å². The van der Waals surface area contributed by atoms with Crippen molar-refractivity contribution >= 4 is 28.6 Å². The van der Waals surface area contributed by atoms with Gasteiger partial charge in [0.2, 0.25) is 5.91 Å². The Balaban J connectivity index is 1.49. The Bertz CT molecular complexity index is 899. The van der Waals surface area contributed by atoms with Crippen LogP contribution in [-0.4, -0.2) is 27.8 Å². The van der Waals surface area contributed by atoms with Crippen molar-refractivity contribution in [3.8, 4) is 0 Å². The van der Waals surface area contributed by atoms with Crippen LogP contribution in [0.25, 0.3) is 10.9 Å². The van der Waals surface area contributed by atoms with Gasteiger partial charge in [-0.3, -0.25) is 14.2 Å². The van der Waals surface area contributed by atoms with Crippen LogP contribution in [0.5, 0.6) is 0 Å². The van der Waals surface area contributed by atoms with Crippen LogP contribution in [0.3, 0.4) is 0 Å². The second-order valence-corrected chi connectivity index (χ2v) is 9.42. The number of fused-ring (bicyclic) bond motifs is 1. The third-order valence-electron chi connectivity index (χ3n) is 6.36. The number of para-hydroxylation sites is 1. The highest BCUT2D eigenvalue weighted by molar-refractivity contribution is 7.99. The van der Waals surface area contributed by atoms with E-state index in [4.69, 9.17) is 4.98 Å². The third kappa shape index (κ3) is 5.03. The normalized spacial score (nSPS) is 18.8. The molecule has 2 saturated carbocycles. The standard InChI is InChI=1S/C23H31N3O2S/c27-21(24-15-17-9-3-1-4-10-17)16-29-23-25-20-14-8-7-13-19(20)22(28)26(23)18-11-5-2-6-12-18/h7-8,13-14,17-18H,1-6,9-12,15-16H2,(H,24,27). The first kappa shape index (κ1) is 20.5. The largest absolute Gasteiger partial charge is 0.355 e. The monoisotopic (exact) mass is 413 g/mol. The summed E-state index contributed by atoms with van der Waals surface area (Å²) in [7, 11) is 0. The fourth-order valence-electron chi connectivity index (χ4n) is 4.72. The van der Waals surface area contributed by atoms with Crippen molar-refractivity contribution in [1.82, 2.24) is 14.9 Å². The minimum Gasteiger partial charge on any atom is -0.355 e. The van der Waals surface area contributed by atoms with E-state index in [1.165, 1.54) is 50.3 Å². The number of carbonyl (C=O) groups excluding carboxylic acids is 1. The van der Waals surface area contributed by atoms with E-state index in [0.717, 1.165) is 37.7 Å². The van der Waals surface area contributed by atoms with Crippen LogP contribution in [0.4, 0.5) is 0 Å². The average Bonchev–Trinajstić information content (AvgIpc) is 2.77. The molecule has 0 radical (unpaired) electrons. The Morgan fingerprint density at radius 3 is 2.48 bits per heavy atom. The Labute approximate surface area is 176 Å². The molecule has 0 unspecified atom stereocenters. The highest BCUT2D eigenvalue weighted by Gasteiger charge is 2.22. The number of nitrogens with one attached hydrogen (secondary N) is 1. The molecule has 1 heterocycles. The van der Waals surface area contributed by atoms with E-state index in [1.54, 1.807) is 0 Å². The van der Waals surface area contributed by atoms with E-state index in [-0.39, 0.29) is 17.5 Å². The highest BCUT2D eigenvalue weighted by Crippen LogP contribution is 2.31. The molecule has 0 saturated heterocycles. The van der Waals surface area contributed by atoms with E-state index in [0.29, 0.717) is 22.2 Å². The Morgan fingerprint density at radius 1 is 1.03 bits per heavy atom. The predicted octanol–water partition coefficient (Wildman–Crippen LogP) is 4.69. The summed E-state index contributed by atoms with van der Waals surface area (Å²) in [6.07, 6.45) is 11.9. The highest BCUT2D eigenvalue weighted by atomic mass is 32.2. The minimum absolute atomic E-state index is 0.0348. The average molecular weight is 414 g/mol. The van der Waals surface area contributed by atoms with Gasteiger partial charge < -0.3 is 5.32 Å². The molecule has 0 atom stereocenters. The van der Waals surface area contributed by atoms with Crippen LogP contribution >= 0.6 is 11.8 Å². The first-order valence-electron chi connectivity index (χ1n) is 11.1. The van der Waals surface area contributed by atoms with Gasteiger partial charge in [0.25, 0.3) is 5.56 Å². The number of benzene rings is 1. The molecular formula is C23H31N3O2S. The molecule has 156 valence electrons. The number of nitrogens with zero attached hydrogens (tertiary/aromatic N) is 2. The van der Waals surface area contributed by atoms with E-state index in [9.17, 15) is 9.59 Å². The predicted molar refractivity (Wildman–Crippen MR) is 118 cm³/mol. The van der Waals surface area contributed by atoms with Gasteiger partial charge in [-0.05, 0) is 43.7 Å². The van der Waals surface area contributed by atoms with Crippen LogP contribution in [0, 0.1) is 5.92 Å². The quantitative estimate of drug-likeness (QED) is 0.551. The number of hydrogen-bond acceptors (Lipinski definition) is 4. The molecule has 0 aliphatic heterocycles. The lowest BCUT2D eigenvalue weighted by Crippen LogP contribution is -2.32. The van der Waals surface area contributed by atoms with Crippen molar-refractivity contribution in [3.63, 3.8) is 0 Å². The molecule has 6 heteroatoms. The third-order valence-corrected chi connectivity index (χ3v) is 7.31. The zero-order valence-electron chi connectivity index (χ0n) is 17.1. The maximum atomic E-state index is 13.2. The summed E-state index contributed by atoms with van der Waals surface area (Å²) in [5.74, 6) is 0.972. The van der Waals surface area contributed by atoms with Crippen LogP contribution in [0.15, 0.2) is 34.2 Å². The van der Waals surface area contributed by atoms with Gasteiger partial charge in [0.15, 0.2) is 5.16 Å². The Kier molecular flexibility index (Phi) is 6.90. The van der Waals surface area contributed by atoms with Crippen LogP contribution in [-0.2, 0) is 4.79 Å². The smallest absolute Gasteiger partial charge is 0.262 e. The summed E-state index contributed by atoms with van der Waals surface area (Å²) in [6, 6.07) is 7.73. The first-order valence-corrected chi connectivity index (χ1v) is 12.1. The zero-order chi connectivity index (χ0) is 20.1. The number of rotatable bonds is 6. The molecule has 2 aliphatic carbocycles. The van der Waals surface area contributed by atoms with Crippen molar-refractivity contribution in [2.24, 2.45) is 5.92 Å². The number of thioether (sulfide) groups is 1. The maximum Gasteiger partial charge on any atom is 0.262 e. The summed E-state index contributed by atoms with van der Waals surface area (Å²) in [4.78, 5) is 30.5. The zero-order valence-corrected chi connectivity index (χ0v) is 17.9. The molecule has 0 spiro atoms. The molecule has 4 rings (SSSR count). The number of hydrogen-bond donors (Lipinski definition) is 1. The first-order chi connectivity index (χ1) is 14.2. The number of carbonyl (C=O) groups is 1. The molecule has 2 aromatic rings. The lowest BCUT2D eigenvalue weighted by Gasteiger charge is -2.26. The number of aromatic nitrogens is 2. The molecule has 1 aromatic carbocycles. The van der Waals surface area contributed by atoms with Gasteiger partial charge in [-0.25, -0.2) is 4.98 Å². The van der Waals surface area contributed by atoms with Crippen LogP contribution < -0.4 is 10.9 Å². The SMILES string of the molecule is O=C(CSc1nc2ccccc2c(=O)n1C1CCCCC1)NCC1CCCCC1. The summed E-state index contributed by atoms with van der Waals surface area (Å²) >= 11 is 1.40. The summed E-state index contributed by atoms with van der Waals surface area (Å²) in [5.41, 5.74) is 0.752. The number of amides is 1. The molecule has 0 bridgehead atoms. The van der Waals surface area contributed by atoms with Gasteiger partial charge in [0, 0.05) is 12.6 Å². The molecule has 2 aliphatic rings. The summed E-state index contributed by atoms with van der Waals surface area (Å²) in [6.45, 7) is 0.778. The van der Waals surface area contributed by atoms with Gasteiger partial charge in [-0.15, -0.1) is 0 Å². The summed E-state index contributed by atoms with van der Waals surface area (Å²) < 4.78 is 1.88. The Morgan fingerprint density at radius 2 is 1.72 bits per heavy atom. The summed E-state index contributed by atoms with van der Waals surface area (Å²) in [5, 5.41) is 4.46. The van der Waals surface area contributed by atoms with Gasteiger partial charge in [0.05, 0.1) is 16.7 Å². The maximum absolute atomic E-state index is 13.2. The molecule has 1 N–H and O–H groups in total.